The fourth-order valence-electron chi connectivity index (χ4n) is 1.78. The van der Waals surface area contributed by atoms with E-state index in [1.165, 1.54) is 0 Å². The third-order valence-corrected chi connectivity index (χ3v) is 2.80. The highest BCUT2D eigenvalue weighted by Crippen LogP contribution is 2.05. The standard InChI is InChI=1S/C15H19N5O/c1-3-8-17-14-6-4-5-13(20-14)15(21)18-10-12-7-9-16-11(2)19-12/h4-7,9H,3,8,10H2,1-2H3,(H,17,20)(H,18,21). The Labute approximate surface area is 124 Å². The molecule has 0 aliphatic heterocycles. The summed E-state index contributed by atoms with van der Waals surface area (Å²) < 4.78 is 0. The molecule has 0 unspecified atom stereocenters. The lowest BCUT2D eigenvalue weighted by Crippen LogP contribution is -2.24. The van der Waals surface area contributed by atoms with E-state index in [0.717, 1.165) is 18.7 Å². The Bertz CT molecular complexity index is 615. The molecule has 2 aromatic rings. The zero-order valence-electron chi connectivity index (χ0n) is 12.3. The van der Waals surface area contributed by atoms with Crippen molar-refractivity contribution in [3.63, 3.8) is 0 Å². The molecule has 0 fully saturated rings. The first-order chi connectivity index (χ1) is 10.2. The summed E-state index contributed by atoms with van der Waals surface area (Å²) in [6.45, 7) is 5.08. The number of carbonyl (C=O) groups excluding carboxylic acids is 1. The lowest BCUT2D eigenvalue weighted by molar-refractivity contribution is 0.0945. The normalized spacial score (nSPS) is 10.2. The third-order valence-electron chi connectivity index (χ3n) is 2.80. The third kappa shape index (κ3) is 4.52. The summed E-state index contributed by atoms with van der Waals surface area (Å²) in [6.07, 6.45) is 2.68. The molecule has 2 aromatic heterocycles. The maximum atomic E-state index is 12.1. The minimum Gasteiger partial charge on any atom is -0.370 e. The molecular weight excluding hydrogens is 266 g/mol. The van der Waals surface area contributed by atoms with Crippen LogP contribution in [0.3, 0.4) is 0 Å². The van der Waals surface area contributed by atoms with E-state index in [1.807, 2.05) is 19.1 Å². The van der Waals surface area contributed by atoms with Crippen LogP contribution in [-0.2, 0) is 6.54 Å². The number of carbonyl (C=O) groups is 1. The molecule has 0 bridgehead atoms. The molecule has 110 valence electrons. The molecular formula is C15H19N5O. The van der Waals surface area contributed by atoms with Crippen molar-refractivity contribution in [1.82, 2.24) is 20.3 Å². The Kier molecular flexibility index (Phi) is 5.20. The SMILES string of the molecule is CCCNc1cccc(C(=O)NCc2ccnc(C)n2)n1. The van der Waals surface area contributed by atoms with Crippen molar-refractivity contribution >= 4 is 11.7 Å². The lowest BCUT2D eigenvalue weighted by atomic mass is 10.3. The predicted octanol–water partition coefficient (Wildman–Crippen LogP) is 1.93. The summed E-state index contributed by atoms with van der Waals surface area (Å²) in [7, 11) is 0. The van der Waals surface area contributed by atoms with Gasteiger partial charge in [0, 0.05) is 12.7 Å². The van der Waals surface area contributed by atoms with E-state index in [0.29, 0.717) is 23.9 Å². The Morgan fingerprint density at radius 1 is 1.24 bits per heavy atom. The van der Waals surface area contributed by atoms with Crippen LogP contribution in [-0.4, -0.2) is 27.4 Å². The second kappa shape index (κ2) is 7.33. The molecule has 6 nitrogen and oxygen atoms in total. The summed E-state index contributed by atoms with van der Waals surface area (Å²) in [5.41, 5.74) is 1.16. The number of amides is 1. The fraction of sp³-hybridized carbons (Fsp3) is 0.333. The Balaban J connectivity index is 1.96. The first-order valence-corrected chi connectivity index (χ1v) is 6.96. The van der Waals surface area contributed by atoms with Gasteiger partial charge in [-0.2, -0.15) is 0 Å². The Hall–Kier alpha value is -2.50. The molecule has 0 aromatic carbocycles. The number of nitrogens with one attached hydrogen (secondary N) is 2. The number of hydrogen-bond donors (Lipinski definition) is 2. The van der Waals surface area contributed by atoms with Gasteiger partial charge in [0.2, 0.25) is 0 Å². The number of nitrogens with zero attached hydrogens (tertiary/aromatic N) is 3. The van der Waals surface area contributed by atoms with Crippen molar-refractivity contribution < 1.29 is 4.79 Å². The second-order valence-corrected chi connectivity index (χ2v) is 4.61. The first-order valence-electron chi connectivity index (χ1n) is 6.96. The molecule has 2 N–H and O–H groups in total. The molecule has 2 heterocycles. The van der Waals surface area contributed by atoms with Gasteiger partial charge in [-0.3, -0.25) is 4.79 Å². The summed E-state index contributed by atoms with van der Waals surface area (Å²) >= 11 is 0. The molecule has 21 heavy (non-hydrogen) atoms. The van der Waals surface area contributed by atoms with Crippen molar-refractivity contribution in [2.75, 3.05) is 11.9 Å². The monoisotopic (exact) mass is 285 g/mol. The lowest BCUT2D eigenvalue weighted by Gasteiger charge is -2.07. The van der Waals surface area contributed by atoms with Crippen LogP contribution in [0.2, 0.25) is 0 Å². The summed E-state index contributed by atoms with van der Waals surface area (Å²) in [5, 5.41) is 5.97. The van der Waals surface area contributed by atoms with Crippen LogP contribution in [0.4, 0.5) is 5.82 Å². The van der Waals surface area contributed by atoms with E-state index < -0.39 is 0 Å². The van der Waals surface area contributed by atoms with Gasteiger partial charge < -0.3 is 10.6 Å². The number of anilines is 1. The van der Waals surface area contributed by atoms with E-state index in [2.05, 4.69) is 32.5 Å². The molecule has 0 saturated heterocycles. The second-order valence-electron chi connectivity index (χ2n) is 4.61. The average Bonchev–Trinajstić information content (AvgIpc) is 2.51. The number of pyridine rings is 1. The van der Waals surface area contributed by atoms with Crippen LogP contribution in [0.15, 0.2) is 30.5 Å². The Morgan fingerprint density at radius 2 is 2.10 bits per heavy atom. The van der Waals surface area contributed by atoms with Gasteiger partial charge in [0.05, 0.1) is 12.2 Å². The van der Waals surface area contributed by atoms with Gasteiger partial charge in [0.25, 0.3) is 5.91 Å². The number of aryl methyl sites for hydroxylation is 1. The molecule has 2 rings (SSSR count). The van der Waals surface area contributed by atoms with Gasteiger partial charge in [-0.25, -0.2) is 15.0 Å². The molecule has 0 aliphatic rings. The number of rotatable bonds is 6. The van der Waals surface area contributed by atoms with Crippen molar-refractivity contribution in [1.29, 1.82) is 0 Å². The van der Waals surface area contributed by atoms with Gasteiger partial charge in [-0.05, 0) is 31.5 Å². The van der Waals surface area contributed by atoms with Gasteiger partial charge in [-0.15, -0.1) is 0 Å². The average molecular weight is 285 g/mol. The zero-order chi connectivity index (χ0) is 15.1. The molecule has 0 radical (unpaired) electrons. The first kappa shape index (κ1) is 14.9. The van der Waals surface area contributed by atoms with E-state index in [-0.39, 0.29) is 5.91 Å². The highest BCUT2D eigenvalue weighted by atomic mass is 16.1. The van der Waals surface area contributed by atoms with Crippen molar-refractivity contribution in [3.8, 4) is 0 Å². The summed E-state index contributed by atoms with van der Waals surface area (Å²) in [6, 6.07) is 7.13. The zero-order valence-corrected chi connectivity index (χ0v) is 12.3. The summed E-state index contributed by atoms with van der Waals surface area (Å²) in [5.74, 6) is 1.18. The largest absolute Gasteiger partial charge is 0.370 e. The quantitative estimate of drug-likeness (QED) is 0.847. The minimum absolute atomic E-state index is 0.216. The van der Waals surface area contributed by atoms with Gasteiger partial charge in [0.15, 0.2) is 0 Å². The molecule has 6 heteroatoms. The molecule has 0 aliphatic carbocycles. The predicted molar refractivity (Wildman–Crippen MR) is 81.0 cm³/mol. The van der Waals surface area contributed by atoms with Gasteiger partial charge in [0.1, 0.15) is 17.3 Å². The van der Waals surface area contributed by atoms with Crippen molar-refractivity contribution in [2.45, 2.75) is 26.8 Å². The van der Waals surface area contributed by atoms with Crippen LogP contribution in [0, 0.1) is 6.92 Å². The molecule has 0 atom stereocenters. The molecule has 0 saturated carbocycles. The van der Waals surface area contributed by atoms with Crippen LogP contribution >= 0.6 is 0 Å². The maximum Gasteiger partial charge on any atom is 0.270 e. The van der Waals surface area contributed by atoms with E-state index in [1.54, 1.807) is 18.3 Å². The number of aromatic nitrogens is 3. The highest BCUT2D eigenvalue weighted by molar-refractivity contribution is 5.92. The van der Waals surface area contributed by atoms with E-state index in [4.69, 9.17) is 0 Å². The van der Waals surface area contributed by atoms with Crippen molar-refractivity contribution in [3.05, 3.63) is 47.7 Å². The summed E-state index contributed by atoms with van der Waals surface area (Å²) in [4.78, 5) is 24.6. The van der Waals surface area contributed by atoms with E-state index >= 15 is 0 Å². The fourth-order valence-corrected chi connectivity index (χ4v) is 1.78. The van der Waals surface area contributed by atoms with Gasteiger partial charge >= 0.3 is 0 Å². The minimum atomic E-state index is -0.216. The van der Waals surface area contributed by atoms with Crippen LogP contribution < -0.4 is 10.6 Å². The topological polar surface area (TPSA) is 79.8 Å². The van der Waals surface area contributed by atoms with Crippen LogP contribution in [0.5, 0.6) is 0 Å². The highest BCUT2D eigenvalue weighted by Gasteiger charge is 2.08. The van der Waals surface area contributed by atoms with E-state index in [9.17, 15) is 4.79 Å². The Morgan fingerprint density at radius 3 is 2.86 bits per heavy atom. The molecule has 0 spiro atoms. The smallest absolute Gasteiger partial charge is 0.270 e. The van der Waals surface area contributed by atoms with Crippen LogP contribution in [0.1, 0.15) is 35.4 Å². The van der Waals surface area contributed by atoms with Crippen molar-refractivity contribution in [2.24, 2.45) is 0 Å². The van der Waals surface area contributed by atoms with Crippen LogP contribution in [0.25, 0.3) is 0 Å². The van der Waals surface area contributed by atoms with Gasteiger partial charge in [-0.1, -0.05) is 13.0 Å². The molecule has 1 amide bonds. The number of hydrogen-bond acceptors (Lipinski definition) is 5. The maximum absolute atomic E-state index is 12.1.